The van der Waals surface area contributed by atoms with E-state index in [-0.39, 0.29) is 19.0 Å². The first-order valence-electron chi connectivity index (χ1n) is 9.70. The molecule has 3 aromatic rings. The monoisotopic (exact) mass is 423 g/mol. The van der Waals surface area contributed by atoms with Crippen molar-refractivity contribution < 1.29 is 28.6 Å². The van der Waals surface area contributed by atoms with Crippen LogP contribution >= 0.6 is 0 Å². The molecule has 0 radical (unpaired) electrons. The topological polar surface area (TPSA) is 76.1 Å². The number of rotatable bonds is 10. The molecule has 0 saturated carbocycles. The first-order chi connectivity index (χ1) is 15.0. The predicted octanol–water partition coefficient (Wildman–Crippen LogP) is 4.15. The average Bonchev–Trinajstić information content (AvgIpc) is 2.77. The molecule has 0 aliphatic heterocycles. The average molecular weight is 423 g/mol. The molecule has 0 unspecified atom stereocenters. The number of aliphatic carboxylic acids is 1. The van der Waals surface area contributed by atoms with Gasteiger partial charge >= 0.3 is 5.97 Å². The van der Waals surface area contributed by atoms with Crippen molar-refractivity contribution in [1.82, 2.24) is 4.90 Å². The molecule has 0 heterocycles. The lowest BCUT2D eigenvalue weighted by Gasteiger charge is -2.21. The van der Waals surface area contributed by atoms with E-state index in [1.165, 1.54) is 17.0 Å². The fourth-order valence-electron chi connectivity index (χ4n) is 2.87. The second-order valence-electron chi connectivity index (χ2n) is 6.74. The highest BCUT2D eigenvalue weighted by Crippen LogP contribution is 2.31. The van der Waals surface area contributed by atoms with Gasteiger partial charge in [0.05, 0.1) is 0 Å². The summed E-state index contributed by atoms with van der Waals surface area (Å²) >= 11 is 0. The zero-order valence-corrected chi connectivity index (χ0v) is 16.7. The van der Waals surface area contributed by atoms with Gasteiger partial charge in [0.15, 0.2) is 18.1 Å². The van der Waals surface area contributed by atoms with Gasteiger partial charge in [-0.05, 0) is 48.4 Å². The van der Waals surface area contributed by atoms with Crippen LogP contribution in [0.5, 0.6) is 17.2 Å². The summed E-state index contributed by atoms with van der Waals surface area (Å²) in [4.78, 5) is 25.0. The summed E-state index contributed by atoms with van der Waals surface area (Å²) in [6.45, 7) is -0.625. The molecule has 6 nitrogen and oxygen atoms in total. The highest BCUT2D eigenvalue weighted by molar-refractivity contribution is 5.82. The SMILES string of the molecule is O=C(O)CN(CCc1ccc(F)cc1)C(=O)COc1ccccc1Oc1ccccc1. The number of hydrogen-bond acceptors (Lipinski definition) is 4. The lowest BCUT2D eigenvalue weighted by Crippen LogP contribution is -2.40. The van der Waals surface area contributed by atoms with Gasteiger partial charge in [-0.2, -0.15) is 0 Å². The standard InChI is InChI=1S/C24H22FNO5/c25-19-12-10-18(11-13-19)14-15-26(16-24(28)29)23(27)17-30-21-8-4-5-9-22(21)31-20-6-2-1-3-7-20/h1-13H,14-17H2,(H,28,29). The Morgan fingerprint density at radius 3 is 2.19 bits per heavy atom. The van der Waals surface area contributed by atoms with Crippen molar-refractivity contribution in [2.75, 3.05) is 19.7 Å². The maximum atomic E-state index is 13.0. The Bertz CT molecular complexity index is 1010. The van der Waals surface area contributed by atoms with E-state index >= 15 is 0 Å². The van der Waals surface area contributed by atoms with E-state index in [0.29, 0.717) is 23.7 Å². The van der Waals surface area contributed by atoms with Gasteiger partial charge in [-0.15, -0.1) is 0 Å². The summed E-state index contributed by atoms with van der Waals surface area (Å²) in [5.74, 6) is -0.519. The number of para-hydroxylation sites is 3. The van der Waals surface area contributed by atoms with Crippen molar-refractivity contribution in [3.05, 3.63) is 90.2 Å². The molecule has 0 atom stereocenters. The highest BCUT2D eigenvalue weighted by atomic mass is 19.1. The second-order valence-corrected chi connectivity index (χ2v) is 6.74. The van der Waals surface area contributed by atoms with Crippen molar-refractivity contribution in [2.45, 2.75) is 6.42 Å². The molecule has 0 spiro atoms. The second kappa shape index (κ2) is 10.8. The molecule has 7 heteroatoms. The zero-order valence-electron chi connectivity index (χ0n) is 16.7. The number of carbonyl (C=O) groups is 2. The predicted molar refractivity (Wildman–Crippen MR) is 113 cm³/mol. The van der Waals surface area contributed by atoms with Gasteiger partial charge in [0.25, 0.3) is 5.91 Å². The number of carboxylic acid groups (broad SMARTS) is 1. The number of hydrogen-bond donors (Lipinski definition) is 1. The molecular weight excluding hydrogens is 401 g/mol. The van der Waals surface area contributed by atoms with Crippen LogP contribution in [0.2, 0.25) is 0 Å². The van der Waals surface area contributed by atoms with Crippen LogP contribution in [0.4, 0.5) is 4.39 Å². The normalized spacial score (nSPS) is 10.4. The van der Waals surface area contributed by atoms with E-state index in [2.05, 4.69) is 0 Å². The Kier molecular flexibility index (Phi) is 7.59. The van der Waals surface area contributed by atoms with Gasteiger partial charge in [-0.25, -0.2) is 4.39 Å². The van der Waals surface area contributed by atoms with E-state index < -0.39 is 18.4 Å². The van der Waals surface area contributed by atoms with Crippen LogP contribution in [0.15, 0.2) is 78.9 Å². The Hall–Kier alpha value is -3.87. The van der Waals surface area contributed by atoms with Crippen molar-refractivity contribution in [1.29, 1.82) is 0 Å². The molecule has 3 rings (SSSR count). The number of nitrogens with zero attached hydrogens (tertiary/aromatic N) is 1. The molecule has 0 aromatic heterocycles. The minimum absolute atomic E-state index is 0.169. The third kappa shape index (κ3) is 6.85. The summed E-state index contributed by atoms with van der Waals surface area (Å²) in [5.41, 5.74) is 0.798. The van der Waals surface area contributed by atoms with Crippen LogP contribution in [0.3, 0.4) is 0 Å². The van der Waals surface area contributed by atoms with E-state index in [0.717, 1.165) is 5.56 Å². The lowest BCUT2D eigenvalue weighted by molar-refractivity contribution is -0.145. The molecule has 31 heavy (non-hydrogen) atoms. The number of carbonyl (C=O) groups excluding carboxylic acids is 1. The van der Waals surface area contributed by atoms with E-state index in [1.807, 2.05) is 18.2 Å². The summed E-state index contributed by atoms with van der Waals surface area (Å²) < 4.78 is 24.5. The van der Waals surface area contributed by atoms with E-state index in [9.17, 15) is 14.0 Å². The maximum Gasteiger partial charge on any atom is 0.323 e. The molecule has 0 fully saturated rings. The van der Waals surface area contributed by atoms with Crippen molar-refractivity contribution >= 4 is 11.9 Å². The first kappa shape index (κ1) is 21.8. The zero-order chi connectivity index (χ0) is 22.1. The Labute approximate surface area is 179 Å². The fourth-order valence-corrected chi connectivity index (χ4v) is 2.87. The highest BCUT2D eigenvalue weighted by Gasteiger charge is 2.18. The number of ether oxygens (including phenoxy) is 2. The Balaban J connectivity index is 1.62. The van der Waals surface area contributed by atoms with Gasteiger partial charge in [-0.3, -0.25) is 9.59 Å². The molecule has 160 valence electrons. The summed E-state index contributed by atoms with van der Waals surface area (Å²) in [6, 6.07) is 21.9. The van der Waals surface area contributed by atoms with E-state index in [4.69, 9.17) is 14.6 Å². The molecule has 0 bridgehead atoms. The van der Waals surface area contributed by atoms with Gasteiger partial charge in [0.2, 0.25) is 0 Å². The first-order valence-corrected chi connectivity index (χ1v) is 9.70. The van der Waals surface area contributed by atoms with Crippen molar-refractivity contribution in [3.63, 3.8) is 0 Å². The van der Waals surface area contributed by atoms with Crippen LogP contribution in [0.1, 0.15) is 5.56 Å². The van der Waals surface area contributed by atoms with Crippen LogP contribution in [0, 0.1) is 5.82 Å². The number of amides is 1. The third-order valence-corrected chi connectivity index (χ3v) is 4.43. The quantitative estimate of drug-likeness (QED) is 0.530. The Morgan fingerprint density at radius 1 is 0.871 bits per heavy atom. The third-order valence-electron chi connectivity index (χ3n) is 4.43. The number of benzene rings is 3. The number of carboxylic acids is 1. The molecule has 1 amide bonds. The molecular formula is C24H22FNO5. The lowest BCUT2D eigenvalue weighted by atomic mass is 10.1. The van der Waals surface area contributed by atoms with Gasteiger partial charge in [0, 0.05) is 6.54 Å². The van der Waals surface area contributed by atoms with Crippen LogP contribution in [-0.2, 0) is 16.0 Å². The van der Waals surface area contributed by atoms with Gasteiger partial charge < -0.3 is 19.5 Å². The van der Waals surface area contributed by atoms with Gasteiger partial charge in [-0.1, -0.05) is 42.5 Å². The van der Waals surface area contributed by atoms with Crippen LogP contribution in [-0.4, -0.2) is 41.6 Å². The summed E-state index contributed by atoms with van der Waals surface area (Å²) in [6.07, 6.45) is 0.396. The van der Waals surface area contributed by atoms with E-state index in [1.54, 1.807) is 48.5 Å². The smallest absolute Gasteiger partial charge is 0.323 e. The summed E-state index contributed by atoms with van der Waals surface area (Å²) in [7, 11) is 0. The molecule has 0 aliphatic rings. The summed E-state index contributed by atoms with van der Waals surface area (Å²) in [5, 5.41) is 9.16. The van der Waals surface area contributed by atoms with Crippen molar-refractivity contribution in [2.24, 2.45) is 0 Å². The van der Waals surface area contributed by atoms with Gasteiger partial charge in [0.1, 0.15) is 18.1 Å². The molecule has 1 N–H and O–H groups in total. The van der Waals surface area contributed by atoms with Crippen molar-refractivity contribution in [3.8, 4) is 17.2 Å². The van der Waals surface area contributed by atoms with Crippen LogP contribution in [0.25, 0.3) is 0 Å². The largest absolute Gasteiger partial charge is 0.480 e. The maximum absolute atomic E-state index is 13.0. The molecule has 0 aliphatic carbocycles. The minimum Gasteiger partial charge on any atom is -0.480 e. The minimum atomic E-state index is -1.12. The fraction of sp³-hybridized carbons (Fsp3) is 0.167. The number of halogens is 1. The Morgan fingerprint density at radius 2 is 1.52 bits per heavy atom. The molecule has 3 aromatic carbocycles. The molecule has 0 saturated heterocycles. The van der Waals surface area contributed by atoms with Crippen LogP contribution < -0.4 is 9.47 Å².